The van der Waals surface area contributed by atoms with Gasteiger partial charge in [-0.3, -0.25) is 19.2 Å². The highest BCUT2D eigenvalue weighted by molar-refractivity contribution is 6.12. The van der Waals surface area contributed by atoms with Gasteiger partial charge < -0.3 is 10.1 Å². The number of rotatable bonds is 4. The second kappa shape index (κ2) is 8.41. The highest BCUT2D eigenvalue weighted by Crippen LogP contribution is 2.35. The molecule has 2 aromatic rings. The Balaban J connectivity index is 1.80. The van der Waals surface area contributed by atoms with Crippen molar-refractivity contribution >= 4 is 23.5 Å². The van der Waals surface area contributed by atoms with Crippen LogP contribution in [0.1, 0.15) is 71.1 Å². The molecule has 32 heavy (non-hydrogen) atoms. The molecule has 0 saturated heterocycles. The third-order valence-corrected chi connectivity index (χ3v) is 6.58. The number of nitrogens with one attached hydrogen (secondary N) is 1. The van der Waals surface area contributed by atoms with Crippen molar-refractivity contribution in [2.45, 2.75) is 71.0 Å². The van der Waals surface area contributed by atoms with Crippen molar-refractivity contribution in [3.05, 3.63) is 46.8 Å². The number of hydrogen-bond acceptors (Lipinski definition) is 5. The predicted molar refractivity (Wildman–Crippen MR) is 120 cm³/mol. The maximum absolute atomic E-state index is 13.8. The number of ether oxygens (including phenoxy) is 1. The second-order valence-electron chi connectivity index (χ2n) is 9.08. The van der Waals surface area contributed by atoms with E-state index < -0.39 is 11.5 Å². The molecule has 1 aliphatic heterocycles. The van der Waals surface area contributed by atoms with E-state index in [1.165, 1.54) is 24.3 Å². The molecule has 1 atom stereocenters. The van der Waals surface area contributed by atoms with E-state index in [-0.39, 0.29) is 35.8 Å². The Bertz CT molecular complexity index is 1070. The van der Waals surface area contributed by atoms with Crippen molar-refractivity contribution in [2.24, 2.45) is 0 Å². The van der Waals surface area contributed by atoms with E-state index >= 15 is 0 Å². The maximum Gasteiger partial charge on any atom is 0.358 e. The van der Waals surface area contributed by atoms with E-state index in [0.29, 0.717) is 5.69 Å². The van der Waals surface area contributed by atoms with Gasteiger partial charge >= 0.3 is 5.97 Å². The van der Waals surface area contributed by atoms with Crippen LogP contribution >= 0.6 is 0 Å². The number of methoxy groups -OCH3 is 1. The molecule has 2 aliphatic rings. The van der Waals surface area contributed by atoms with Gasteiger partial charge in [0.2, 0.25) is 5.91 Å². The molecular weight excluding hydrogens is 408 g/mol. The Morgan fingerprint density at radius 2 is 1.88 bits per heavy atom. The molecule has 1 N–H and O–H groups in total. The molecule has 2 amide bonds. The second-order valence-corrected chi connectivity index (χ2v) is 9.08. The number of fused-ring (bicyclic) bond motifs is 1. The Hall–Kier alpha value is -3.16. The monoisotopic (exact) mass is 438 g/mol. The summed E-state index contributed by atoms with van der Waals surface area (Å²) in [6.45, 7) is 5.79. The fraction of sp³-hybridized carbons (Fsp3) is 0.500. The van der Waals surface area contributed by atoms with Crippen LogP contribution in [0.5, 0.6) is 0 Å². The number of carbonyl (C=O) groups is 3. The number of esters is 1. The summed E-state index contributed by atoms with van der Waals surface area (Å²) in [5, 5.41) is 7.47. The predicted octanol–water partition coefficient (Wildman–Crippen LogP) is 3.15. The highest BCUT2D eigenvalue weighted by atomic mass is 16.5. The van der Waals surface area contributed by atoms with Crippen LogP contribution in [0.25, 0.3) is 0 Å². The number of nitrogens with zero attached hydrogens (tertiary/aromatic N) is 3. The largest absolute Gasteiger partial charge is 0.464 e. The van der Waals surface area contributed by atoms with Gasteiger partial charge in [0.1, 0.15) is 11.2 Å². The van der Waals surface area contributed by atoms with Gasteiger partial charge in [-0.2, -0.15) is 5.10 Å². The Kier molecular flexibility index (Phi) is 5.79. The van der Waals surface area contributed by atoms with Crippen molar-refractivity contribution in [1.29, 1.82) is 0 Å². The van der Waals surface area contributed by atoms with Crippen LogP contribution in [0.4, 0.5) is 5.69 Å². The lowest BCUT2D eigenvalue weighted by molar-refractivity contribution is -0.127. The standard InChI is InChI=1S/C24H30N4O4/c1-15-10-11-16(2)19(12-15)28-21(29)20-13-18(22(30)32-4)26-27(20)14-24(28,3)23(31)25-17-8-6-5-7-9-17/h10-13,17H,5-9,14H2,1-4H3,(H,25,31). The molecule has 4 rings (SSSR count). The number of carbonyl (C=O) groups excluding carboxylic acids is 3. The van der Waals surface area contributed by atoms with Crippen molar-refractivity contribution in [3.8, 4) is 0 Å². The topological polar surface area (TPSA) is 93.5 Å². The van der Waals surface area contributed by atoms with Crippen LogP contribution in [0.3, 0.4) is 0 Å². The van der Waals surface area contributed by atoms with Crippen molar-refractivity contribution in [3.63, 3.8) is 0 Å². The average molecular weight is 439 g/mol. The molecule has 1 aromatic carbocycles. The SMILES string of the molecule is COC(=O)c1cc2n(n1)CC(C)(C(=O)NC1CCCCC1)N(c1cc(C)ccc1C)C2=O. The molecular formula is C24H30N4O4. The van der Waals surface area contributed by atoms with Crippen LogP contribution in [0.15, 0.2) is 24.3 Å². The third-order valence-electron chi connectivity index (χ3n) is 6.58. The zero-order valence-corrected chi connectivity index (χ0v) is 19.1. The number of aryl methyl sites for hydroxylation is 2. The molecule has 2 heterocycles. The van der Waals surface area contributed by atoms with Crippen LogP contribution in [-0.2, 0) is 16.1 Å². The van der Waals surface area contributed by atoms with Crippen LogP contribution in [-0.4, -0.2) is 46.3 Å². The van der Waals surface area contributed by atoms with Gasteiger partial charge in [0, 0.05) is 17.8 Å². The molecule has 8 heteroatoms. The summed E-state index contributed by atoms with van der Waals surface area (Å²) in [5.74, 6) is -1.19. The molecule has 0 radical (unpaired) electrons. The summed E-state index contributed by atoms with van der Waals surface area (Å²) < 4.78 is 6.23. The molecule has 8 nitrogen and oxygen atoms in total. The average Bonchev–Trinajstić information content (AvgIpc) is 3.20. The third kappa shape index (κ3) is 3.78. The molecule has 0 bridgehead atoms. The Morgan fingerprint density at radius 3 is 2.56 bits per heavy atom. The first kappa shape index (κ1) is 22.0. The summed E-state index contributed by atoms with van der Waals surface area (Å²) in [4.78, 5) is 41.1. The van der Waals surface area contributed by atoms with E-state index in [4.69, 9.17) is 4.74 Å². The molecule has 0 spiro atoms. The van der Waals surface area contributed by atoms with Crippen LogP contribution < -0.4 is 10.2 Å². The Labute approximate surface area is 187 Å². The zero-order valence-electron chi connectivity index (χ0n) is 19.1. The van der Waals surface area contributed by atoms with E-state index in [0.717, 1.165) is 36.8 Å². The van der Waals surface area contributed by atoms with Crippen molar-refractivity contribution < 1.29 is 19.1 Å². The molecule has 1 saturated carbocycles. The molecule has 1 unspecified atom stereocenters. The van der Waals surface area contributed by atoms with E-state index in [9.17, 15) is 14.4 Å². The molecule has 170 valence electrons. The molecule has 1 fully saturated rings. The lowest BCUT2D eigenvalue weighted by atomic mass is 9.90. The minimum Gasteiger partial charge on any atom is -0.464 e. The van der Waals surface area contributed by atoms with Gasteiger partial charge in [-0.05, 0) is 50.8 Å². The molecule has 1 aromatic heterocycles. The van der Waals surface area contributed by atoms with Gasteiger partial charge in [0.05, 0.1) is 13.7 Å². The summed E-state index contributed by atoms with van der Waals surface area (Å²) in [7, 11) is 1.27. The lowest BCUT2D eigenvalue weighted by Crippen LogP contribution is -2.65. The first-order valence-corrected chi connectivity index (χ1v) is 11.1. The number of benzene rings is 1. The Morgan fingerprint density at radius 1 is 1.16 bits per heavy atom. The fourth-order valence-electron chi connectivity index (χ4n) is 4.71. The van der Waals surface area contributed by atoms with E-state index in [2.05, 4.69) is 10.4 Å². The first-order chi connectivity index (χ1) is 15.2. The minimum atomic E-state index is -1.21. The normalized spacial score (nSPS) is 21.2. The highest BCUT2D eigenvalue weighted by Gasteiger charge is 2.50. The smallest absolute Gasteiger partial charge is 0.358 e. The molecule has 1 aliphatic carbocycles. The lowest BCUT2D eigenvalue weighted by Gasteiger charge is -2.44. The van der Waals surface area contributed by atoms with Gasteiger partial charge in [0.15, 0.2) is 5.69 Å². The van der Waals surface area contributed by atoms with Gasteiger partial charge in [-0.15, -0.1) is 0 Å². The quantitative estimate of drug-likeness (QED) is 0.740. The van der Waals surface area contributed by atoms with Crippen LogP contribution in [0.2, 0.25) is 0 Å². The van der Waals surface area contributed by atoms with Crippen LogP contribution in [0, 0.1) is 13.8 Å². The van der Waals surface area contributed by atoms with Gasteiger partial charge in [-0.1, -0.05) is 31.4 Å². The van der Waals surface area contributed by atoms with E-state index in [1.54, 1.807) is 11.8 Å². The summed E-state index contributed by atoms with van der Waals surface area (Å²) >= 11 is 0. The fourth-order valence-corrected chi connectivity index (χ4v) is 4.71. The summed E-state index contributed by atoms with van der Waals surface area (Å²) in [5.41, 5.74) is 1.66. The summed E-state index contributed by atoms with van der Waals surface area (Å²) in [6, 6.07) is 7.39. The number of hydrogen-bond donors (Lipinski definition) is 1. The van der Waals surface area contributed by atoms with Gasteiger partial charge in [-0.25, -0.2) is 4.79 Å². The van der Waals surface area contributed by atoms with Crippen molar-refractivity contribution in [1.82, 2.24) is 15.1 Å². The van der Waals surface area contributed by atoms with Crippen molar-refractivity contribution in [2.75, 3.05) is 12.0 Å². The zero-order chi connectivity index (χ0) is 23.0. The minimum absolute atomic E-state index is 0.0497. The van der Waals surface area contributed by atoms with Gasteiger partial charge in [0.25, 0.3) is 5.91 Å². The summed E-state index contributed by atoms with van der Waals surface area (Å²) in [6.07, 6.45) is 5.25. The first-order valence-electron chi connectivity index (χ1n) is 11.1. The van der Waals surface area contributed by atoms with E-state index in [1.807, 2.05) is 32.0 Å². The number of anilines is 1. The maximum atomic E-state index is 13.8. The number of amides is 2. The number of aromatic nitrogens is 2.